The van der Waals surface area contributed by atoms with Crippen LogP contribution in [0.4, 0.5) is 0 Å². The highest BCUT2D eigenvalue weighted by molar-refractivity contribution is 6.27. The van der Waals surface area contributed by atoms with Crippen LogP contribution in [0.1, 0.15) is 6.42 Å². The van der Waals surface area contributed by atoms with Gasteiger partial charge in [0.2, 0.25) is 0 Å². The lowest BCUT2D eigenvalue weighted by atomic mass is 10.6. The van der Waals surface area contributed by atoms with E-state index in [2.05, 4.69) is 0 Å². The second-order valence-corrected chi connectivity index (χ2v) is 3.46. The summed E-state index contributed by atoms with van der Waals surface area (Å²) in [6.45, 7) is 0. The van der Waals surface area contributed by atoms with E-state index in [9.17, 15) is 0 Å². The lowest BCUT2D eigenvalue weighted by Gasteiger charge is -1.90. The summed E-state index contributed by atoms with van der Waals surface area (Å²) < 4.78 is 4.92. The predicted octanol–water partition coefficient (Wildman–Crippen LogP) is 0.764. The monoisotopic (exact) mass is 138 g/mol. The quantitative estimate of drug-likeness (QED) is 0.317. The minimum Gasteiger partial charge on any atom is -0.427 e. The third-order valence-corrected chi connectivity index (χ3v) is 2.20. The van der Waals surface area contributed by atoms with Gasteiger partial charge in [0.15, 0.2) is 9.76 Å². The van der Waals surface area contributed by atoms with Crippen molar-refractivity contribution in [3.05, 3.63) is 0 Å². The second-order valence-electron chi connectivity index (χ2n) is 1.39. The van der Waals surface area contributed by atoms with Crippen molar-refractivity contribution >= 4 is 21.4 Å². The van der Waals surface area contributed by atoms with Gasteiger partial charge < -0.3 is 4.43 Å². The largest absolute Gasteiger partial charge is 0.427 e. The van der Waals surface area contributed by atoms with Gasteiger partial charge in [-0.2, -0.15) is 0 Å². The molecule has 44 valence electrons. The zero-order chi connectivity index (χ0) is 5.54. The third-order valence-electron chi connectivity index (χ3n) is 0.732. The first-order chi connectivity index (χ1) is 3.41. The van der Waals surface area contributed by atoms with Crippen LogP contribution in [0.3, 0.4) is 0 Å². The molecular formula is C4H11ClOSi. The summed E-state index contributed by atoms with van der Waals surface area (Å²) in [5.74, 6) is 0.788. The van der Waals surface area contributed by atoms with Gasteiger partial charge in [-0.1, -0.05) is 0 Å². The van der Waals surface area contributed by atoms with Crippen molar-refractivity contribution in [2.75, 3.05) is 13.0 Å². The van der Waals surface area contributed by atoms with Crippen molar-refractivity contribution in [1.29, 1.82) is 0 Å². The molecule has 0 atom stereocenters. The van der Waals surface area contributed by atoms with Crippen molar-refractivity contribution < 1.29 is 4.43 Å². The number of halogens is 1. The molecule has 0 radical (unpaired) electrons. The molecule has 0 bridgehead atoms. The molecule has 0 aromatic heterocycles. The molecule has 1 nitrogen and oxygen atoms in total. The molecule has 7 heavy (non-hydrogen) atoms. The van der Waals surface area contributed by atoms with Crippen LogP contribution in [0.25, 0.3) is 0 Å². The molecule has 0 saturated heterocycles. The Kier molecular flexibility index (Phi) is 6.90. The number of alkyl halides is 1. The van der Waals surface area contributed by atoms with Crippen molar-refractivity contribution in [1.82, 2.24) is 0 Å². The van der Waals surface area contributed by atoms with Crippen LogP contribution in [0.2, 0.25) is 6.04 Å². The smallest absolute Gasteiger partial charge is 0.161 e. The molecule has 0 saturated carbocycles. The van der Waals surface area contributed by atoms with Crippen LogP contribution in [0, 0.1) is 0 Å². The van der Waals surface area contributed by atoms with E-state index < -0.39 is 0 Å². The van der Waals surface area contributed by atoms with Gasteiger partial charge in [0.25, 0.3) is 0 Å². The van der Waals surface area contributed by atoms with Crippen LogP contribution < -0.4 is 0 Å². The Morgan fingerprint density at radius 3 is 2.86 bits per heavy atom. The van der Waals surface area contributed by atoms with Gasteiger partial charge in [-0.3, -0.25) is 0 Å². The average Bonchev–Trinajstić information content (AvgIpc) is 1.69. The zero-order valence-corrected chi connectivity index (χ0v) is 6.78. The van der Waals surface area contributed by atoms with E-state index in [1.807, 2.05) is 0 Å². The summed E-state index contributed by atoms with van der Waals surface area (Å²) in [4.78, 5) is 0. The van der Waals surface area contributed by atoms with E-state index in [-0.39, 0.29) is 9.76 Å². The van der Waals surface area contributed by atoms with E-state index in [1.54, 1.807) is 7.11 Å². The summed E-state index contributed by atoms with van der Waals surface area (Å²) in [6.07, 6.45) is 1.13. The van der Waals surface area contributed by atoms with E-state index in [1.165, 1.54) is 6.04 Å². The molecule has 0 heterocycles. The molecule has 0 aliphatic rings. The SMILES string of the molecule is CO[SiH2]CCCCl. The second kappa shape index (κ2) is 6.47. The van der Waals surface area contributed by atoms with Gasteiger partial charge in [-0.05, 0) is 12.5 Å². The molecule has 0 aliphatic heterocycles. The highest BCUT2D eigenvalue weighted by atomic mass is 35.5. The summed E-state index contributed by atoms with van der Waals surface area (Å²) in [6, 6.07) is 1.22. The van der Waals surface area contributed by atoms with Crippen molar-refractivity contribution in [3.8, 4) is 0 Å². The van der Waals surface area contributed by atoms with Crippen molar-refractivity contribution in [2.45, 2.75) is 12.5 Å². The molecule has 0 amide bonds. The molecule has 0 unspecified atom stereocenters. The van der Waals surface area contributed by atoms with Crippen LogP contribution in [-0.4, -0.2) is 22.8 Å². The number of hydrogen-bond donors (Lipinski definition) is 0. The van der Waals surface area contributed by atoms with E-state index in [0.717, 1.165) is 12.3 Å². The highest BCUT2D eigenvalue weighted by Gasteiger charge is 1.82. The Bertz CT molecular complexity index is 30.9. The fraction of sp³-hybridized carbons (Fsp3) is 1.00. The maximum absolute atomic E-state index is 5.40. The van der Waals surface area contributed by atoms with E-state index >= 15 is 0 Å². The Hall–Kier alpha value is 0.467. The minimum absolute atomic E-state index is 0.174. The zero-order valence-electron chi connectivity index (χ0n) is 4.61. The lowest BCUT2D eigenvalue weighted by Crippen LogP contribution is -1.91. The first-order valence-corrected chi connectivity index (χ1v) is 4.58. The Balaban J connectivity index is 2.45. The average molecular weight is 139 g/mol. The van der Waals surface area contributed by atoms with Crippen LogP contribution in [0.5, 0.6) is 0 Å². The lowest BCUT2D eigenvalue weighted by molar-refractivity contribution is 0.440. The highest BCUT2D eigenvalue weighted by Crippen LogP contribution is 1.89. The van der Waals surface area contributed by atoms with Crippen LogP contribution in [-0.2, 0) is 4.43 Å². The molecule has 0 rings (SSSR count). The topological polar surface area (TPSA) is 9.23 Å². The molecular weight excluding hydrogens is 128 g/mol. The minimum atomic E-state index is -0.174. The van der Waals surface area contributed by atoms with E-state index in [0.29, 0.717) is 0 Å². The summed E-state index contributed by atoms with van der Waals surface area (Å²) in [7, 11) is 1.59. The summed E-state index contributed by atoms with van der Waals surface area (Å²) in [5, 5.41) is 0. The Morgan fingerprint density at radius 1 is 1.71 bits per heavy atom. The molecule has 0 fully saturated rings. The Labute approximate surface area is 51.9 Å². The molecule has 0 spiro atoms. The standard InChI is InChI=1S/C4H11ClOSi/c1-6-7-4-2-3-5/h2-4,7H2,1H3. The van der Waals surface area contributed by atoms with Crippen molar-refractivity contribution in [3.63, 3.8) is 0 Å². The molecule has 3 heteroatoms. The van der Waals surface area contributed by atoms with Gasteiger partial charge in [-0.15, -0.1) is 11.6 Å². The van der Waals surface area contributed by atoms with Gasteiger partial charge in [0, 0.05) is 13.0 Å². The fourth-order valence-corrected chi connectivity index (χ4v) is 1.59. The number of hydrogen-bond acceptors (Lipinski definition) is 1. The molecule has 0 aromatic carbocycles. The third kappa shape index (κ3) is 6.47. The molecule has 0 aromatic rings. The Morgan fingerprint density at radius 2 is 2.43 bits per heavy atom. The van der Waals surface area contributed by atoms with Gasteiger partial charge in [0.1, 0.15) is 0 Å². The maximum atomic E-state index is 5.40. The number of rotatable bonds is 4. The molecule has 0 N–H and O–H groups in total. The summed E-state index contributed by atoms with van der Waals surface area (Å²) >= 11 is 5.40. The van der Waals surface area contributed by atoms with Gasteiger partial charge in [0.05, 0.1) is 0 Å². The van der Waals surface area contributed by atoms with Crippen LogP contribution in [0.15, 0.2) is 0 Å². The fourth-order valence-electron chi connectivity index (χ4n) is 0.341. The normalized spacial score (nSPS) is 11.1. The van der Waals surface area contributed by atoms with Crippen molar-refractivity contribution in [2.24, 2.45) is 0 Å². The van der Waals surface area contributed by atoms with Gasteiger partial charge in [-0.25, -0.2) is 0 Å². The molecule has 0 aliphatic carbocycles. The maximum Gasteiger partial charge on any atom is 0.161 e. The first-order valence-electron chi connectivity index (χ1n) is 2.46. The van der Waals surface area contributed by atoms with Gasteiger partial charge >= 0.3 is 0 Å². The summed E-state index contributed by atoms with van der Waals surface area (Å²) in [5.41, 5.74) is 0. The van der Waals surface area contributed by atoms with Crippen LogP contribution >= 0.6 is 11.6 Å². The predicted molar refractivity (Wildman–Crippen MR) is 35.7 cm³/mol. The first kappa shape index (κ1) is 7.47. The van der Waals surface area contributed by atoms with E-state index in [4.69, 9.17) is 16.0 Å².